The number of hydrogen-bond donors (Lipinski definition) is 2. The van der Waals surface area contributed by atoms with Crippen LogP contribution < -0.4 is 0 Å². The first kappa shape index (κ1) is 20.7. The van der Waals surface area contributed by atoms with E-state index in [2.05, 4.69) is 25.0 Å². The number of aliphatic hydroxyl groups excluding tert-OH is 1. The summed E-state index contributed by atoms with van der Waals surface area (Å²) in [5, 5.41) is 18.4. The highest BCUT2D eigenvalue weighted by molar-refractivity contribution is 5.71. The summed E-state index contributed by atoms with van der Waals surface area (Å²) < 4.78 is 0. The van der Waals surface area contributed by atoms with Gasteiger partial charge in [0.25, 0.3) is 0 Å². The van der Waals surface area contributed by atoms with E-state index in [0.29, 0.717) is 6.42 Å². The molecule has 0 spiro atoms. The molecule has 2 N–H and O–H groups in total. The number of carboxylic acid groups (broad SMARTS) is 1. The van der Waals surface area contributed by atoms with Crippen LogP contribution in [0, 0.1) is 18.3 Å². The Morgan fingerprint density at radius 2 is 1.59 bits per heavy atom. The van der Waals surface area contributed by atoms with Crippen molar-refractivity contribution in [3.8, 4) is 12.3 Å². The van der Waals surface area contributed by atoms with Gasteiger partial charge in [0.1, 0.15) is 6.10 Å². The van der Waals surface area contributed by atoms with Gasteiger partial charge in [0.2, 0.25) is 0 Å². The average molecular weight is 308 g/mol. The zero-order chi connectivity index (χ0) is 16.6. The highest BCUT2D eigenvalue weighted by Crippen LogP contribution is 2.15. The van der Waals surface area contributed by atoms with Crippen molar-refractivity contribution < 1.29 is 15.0 Å². The van der Waals surface area contributed by atoms with Gasteiger partial charge in [-0.25, -0.2) is 0 Å². The summed E-state index contributed by atoms with van der Waals surface area (Å²) in [4.78, 5) is 11.0. The van der Waals surface area contributed by atoms with E-state index >= 15 is 0 Å². The van der Waals surface area contributed by atoms with E-state index in [1.165, 1.54) is 32.1 Å². The molecule has 3 nitrogen and oxygen atoms in total. The van der Waals surface area contributed by atoms with Gasteiger partial charge < -0.3 is 10.2 Å². The fourth-order valence-corrected chi connectivity index (χ4v) is 2.44. The summed E-state index contributed by atoms with van der Waals surface area (Å²) >= 11 is 0. The van der Waals surface area contributed by atoms with Crippen LogP contribution >= 0.6 is 0 Å². The number of carboxylic acids is 1. The number of unbranched alkanes of at least 4 members (excludes halogenated alkanes) is 8. The molecule has 0 bridgehead atoms. The second kappa shape index (κ2) is 14.7. The van der Waals surface area contributed by atoms with E-state index in [4.69, 9.17) is 11.5 Å². The van der Waals surface area contributed by atoms with Gasteiger partial charge in [-0.15, -0.1) is 6.42 Å². The minimum absolute atomic E-state index is 0.452. The van der Waals surface area contributed by atoms with Gasteiger partial charge in [-0.3, -0.25) is 4.79 Å². The Bertz CT molecular complexity index is 341. The third-order valence-corrected chi connectivity index (χ3v) is 3.90. The Morgan fingerprint density at radius 1 is 1.05 bits per heavy atom. The third kappa shape index (κ3) is 11.4. The summed E-state index contributed by atoms with van der Waals surface area (Å²) in [6.07, 6.45) is 20.4. The van der Waals surface area contributed by atoms with Crippen LogP contribution in [-0.2, 0) is 4.79 Å². The molecular weight excluding hydrogens is 276 g/mol. The molecule has 0 aliphatic heterocycles. The summed E-state index contributed by atoms with van der Waals surface area (Å²) in [6.45, 7) is 2.22. The minimum atomic E-state index is -1.17. The highest BCUT2D eigenvalue weighted by Gasteiger charge is 2.23. The van der Waals surface area contributed by atoms with Gasteiger partial charge in [0.05, 0.1) is 5.92 Å². The van der Waals surface area contributed by atoms with Gasteiger partial charge in [-0.05, 0) is 32.1 Å². The molecule has 2 atom stereocenters. The number of allylic oxidation sites excluding steroid dienone is 2. The number of aliphatic carboxylic acids is 1. The lowest BCUT2D eigenvalue weighted by Crippen LogP contribution is -2.26. The second-order valence-electron chi connectivity index (χ2n) is 5.87. The standard InChI is InChI=1S/C19H32O3/c1-3-5-6-7-8-9-10-11-12-13-14-15-16-17(19(21)22)18(20)4-2/h2,9-10,17-18,20H,3,5-8,11-16H2,1H3,(H,21,22)/b10-9-/t17-,18-/m1/s1. The Kier molecular flexibility index (Phi) is 13.8. The van der Waals surface area contributed by atoms with E-state index in [-0.39, 0.29) is 0 Å². The molecule has 3 heteroatoms. The van der Waals surface area contributed by atoms with Gasteiger partial charge in [0, 0.05) is 0 Å². The Labute approximate surface area is 135 Å². The molecule has 0 saturated heterocycles. The lowest BCUT2D eigenvalue weighted by molar-refractivity contribution is -0.144. The van der Waals surface area contributed by atoms with Crippen molar-refractivity contribution in [2.75, 3.05) is 0 Å². The molecule has 0 unspecified atom stereocenters. The second-order valence-corrected chi connectivity index (χ2v) is 5.87. The Hall–Kier alpha value is -1.27. The van der Waals surface area contributed by atoms with Gasteiger partial charge >= 0.3 is 5.97 Å². The molecule has 126 valence electrons. The molecule has 0 rings (SSSR count). The smallest absolute Gasteiger partial charge is 0.310 e. The summed E-state index contributed by atoms with van der Waals surface area (Å²) in [5.41, 5.74) is 0. The number of carbonyl (C=O) groups is 1. The lowest BCUT2D eigenvalue weighted by atomic mass is 9.95. The number of hydrogen-bond acceptors (Lipinski definition) is 2. The van der Waals surface area contributed by atoms with E-state index in [1.807, 2.05) is 0 Å². The van der Waals surface area contributed by atoms with Gasteiger partial charge in [-0.2, -0.15) is 0 Å². The molecule has 22 heavy (non-hydrogen) atoms. The lowest BCUT2D eigenvalue weighted by Gasteiger charge is -2.13. The van der Waals surface area contributed by atoms with Crippen molar-refractivity contribution in [1.82, 2.24) is 0 Å². The normalized spacial score (nSPS) is 13.9. The summed E-state index contributed by atoms with van der Waals surface area (Å²) in [7, 11) is 0. The van der Waals surface area contributed by atoms with Crippen molar-refractivity contribution in [2.45, 2.75) is 83.7 Å². The van der Waals surface area contributed by atoms with Crippen molar-refractivity contribution in [1.29, 1.82) is 0 Å². The topological polar surface area (TPSA) is 57.5 Å². The average Bonchev–Trinajstić information content (AvgIpc) is 2.51. The quantitative estimate of drug-likeness (QED) is 0.281. The maximum atomic E-state index is 11.0. The molecular formula is C19H32O3. The molecule has 0 heterocycles. The fraction of sp³-hybridized carbons (Fsp3) is 0.737. The van der Waals surface area contributed by atoms with Crippen LogP contribution in [-0.4, -0.2) is 22.3 Å². The van der Waals surface area contributed by atoms with Crippen molar-refractivity contribution >= 4 is 5.97 Å². The zero-order valence-corrected chi connectivity index (χ0v) is 14.0. The predicted molar refractivity (Wildman–Crippen MR) is 91.6 cm³/mol. The molecule has 0 saturated carbocycles. The predicted octanol–water partition coefficient (Wildman–Crippen LogP) is 4.55. The van der Waals surface area contributed by atoms with E-state index in [9.17, 15) is 9.90 Å². The number of rotatable bonds is 14. The van der Waals surface area contributed by atoms with Gasteiger partial charge in [0.15, 0.2) is 0 Å². The molecule has 0 aliphatic carbocycles. The van der Waals surface area contributed by atoms with Crippen molar-refractivity contribution in [2.24, 2.45) is 5.92 Å². The first-order chi connectivity index (χ1) is 10.6. The highest BCUT2D eigenvalue weighted by atomic mass is 16.4. The first-order valence-corrected chi connectivity index (χ1v) is 8.65. The minimum Gasteiger partial charge on any atom is -0.481 e. The molecule has 0 aromatic heterocycles. The van der Waals surface area contributed by atoms with Crippen LogP contribution in [0.25, 0.3) is 0 Å². The van der Waals surface area contributed by atoms with Crippen LogP contribution in [0.15, 0.2) is 12.2 Å². The fourth-order valence-electron chi connectivity index (χ4n) is 2.44. The third-order valence-electron chi connectivity index (χ3n) is 3.90. The summed E-state index contributed by atoms with van der Waals surface area (Å²) in [6, 6.07) is 0. The molecule has 0 aromatic carbocycles. The van der Waals surface area contributed by atoms with Crippen molar-refractivity contribution in [3.63, 3.8) is 0 Å². The monoisotopic (exact) mass is 308 g/mol. The maximum Gasteiger partial charge on any atom is 0.310 e. The molecule has 0 amide bonds. The van der Waals surface area contributed by atoms with Crippen LogP contribution in [0.1, 0.15) is 77.6 Å². The molecule has 0 fully saturated rings. The SMILES string of the molecule is C#C[C@@H](O)[C@@H](CCCCCC/C=C\CCCCCC)C(=O)O. The molecule has 0 aliphatic rings. The largest absolute Gasteiger partial charge is 0.481 e. The van der Waals surface area contributed by atoms with Gasteiger partial charge in [-0.1, -0.05) is 63.5 Å². The first-order valence-electron chi connectivity index (χ1n) is 8.65. The molecule has 0 radical (unpaired) electrons. The summed E-state index contributed by atoms with van der Waals surface area (Å²) in [5.74, 6) is 0.276. The zero-order valence-electron chi connectivity index (χ0n) is 14.0. The number of terminal acetylenes is 1. The Balaban J connectivity index is 3.51. The maximum absolute atomic E-state index is 11.0. The van der Waals surface area contributed by atoms with Crippen LogP contribution in [0.5, 0.6) is 0 Å². The van der Waals surface area contributed by atoms with Crippen LogP contribution in [0.4, 0.5) is 0 Å². The van der Waals surface area contributed by atoms with Crippen LogP contribution in [0.2, 0.25) is 0 Å². The number of aliphatic hydroxyl groups is 1. The van der Waals surface area contributed by atoms with Crippen molar-refractivity contribution in [3.05, 3.63) is 12.2 Å². The Morgan fingerprint density at radius 3 is 2.09 bits per heavy atom. The van der Waals surface area contributed by atoms with E-state index < -0.39 is 18.0 Å². The van der Waals surface area contributed by atoms with E-state index in [1.54, 1.807) is 0 Å². The van der Waals surface area contributed by atoms with E-state index in [0.717, 1.165) is 32.1 Å². The molecule has 0 aromatic rings. The van der Waals surface area contributed by atoms with Crippen LogP contribution in [0.3, 0.4) is 0 Å².